The third-order valence-electron chi connectivity index (χ3n) is 5.45. The zero-order valence-electron chi connectivity index (χ0n) is 15.4. The smallest absolute Gasteiger partial charge is 0.153 e. The third kappa shape index (κ3) is 3.33. The second kappa shape index (κ2) is 7.33. The van der Waals surface area contributed by atoms with Gasteiger partial charge in [0.2, 0.25) is 0 Å². The number of hydrogen-bond acceptors (Lipinski definition) is 4. The summed E-state index contributed by atoms with van der Waals surface area (Å²) in [5, 5.41) is 8.16. The molecule has 0 atom stereocenters. The molecule has 0 saturated heterocycles. The lowest BCUT2D eigenvalue weighted by molar-refractivity contribution is 0.423. The SMILES string of the molecule is Cc1cc(SNC2CCCCC2)ccc1-c1ccc2[nH]nc(N)c2c1C. The minimum absolute atomic E-state index is 0.570. The standard InChI is InChI=1S/C21H26N4S/c1-13-12-16(26-25-15-6-4-3-5-7-15)8-9-17(13)18-10-11-19-20(14(18)2)21(22)24-23-19/h8-12,15,25H,3-7H2,1-2H3,(H3,22,23,24). The number of hydrogen-bond donors (Lipinski definition) is 3. The van der Waals surface area contributed by atoms with Crippen molar-refractivity contribution in [3.8, 4) is 11.1 Å². The van der Waals surface area contributed by atoms with Crippen LogP contribution < -0.4 is 10.5 Å². The van der Waals surface area contributed by atoms with Crippen molar-refractivity contribution < 1.29 is 0 Å². The number of nitrogens with two attached hydrogens (primary N) is 1. The predicted molar refractivity (Wildman–Crippen MR) is 111 cm³/mol. The lowest BCUT2D eigenvalue weighted by Crippen LogP contribution is -2.25. The summed E-state index contributed by atoms with van der Waals surface area (Å²) in [5.74, 6) is 0.570. The molecule has 1 aromatic heterocycles. The second-order valence-corrected chi connectivity index (χ2v) is 8.21. The summed E-state index contributed by atoms with van der Waals surface area (Å²) >= 11 is 1.77. The first kappa shape index (κ1) is 17.4. The molecule has 1 aliphatic carbocycles. The number of anilines is 1. The molecule has 4 N–H and O–H groups in total. The highest BCUT2D eigenvalue weighted by Crippen LogP contribution is 2.34. The Bertz CT molecular complexity index is 925. The van der Waals surface area contributed by atoms with Gasteiger partial charge in [-0.15, -0.1) is 0 Å². The summed E-state index contributed by atoms with van der Waals surface area (Å²) in [7, 11) is 0. The quantitative estimate of drug-likeness (QED) is 0.544. The number of aromatic amines is 1. The average molecular weight is 367 g/mol. The number of nitrogens with one attached hydrogen (secondary N) is 2. The highest BCUT2D eigenvalue weighted by atomic mass is 32.2. The van der Waals surface area contributed by atoms with Gasteiger partial charge in [-0.05, 0) is 79.1 Å². The van der Waals surface area contributed by atoms with Crippen LogP contribution in [0.15, 0.2) is 35.2 Å². The Hall–Kier alpha value is -1.98. The van der Waals surface area contributed by atoms with Crippen molar-refractivity contribution in [1.29, 1.82) is 0 Å². The Morgan fingerprint density at radius 2 is 1.85 bits per heavy atom. The van der Waals surface area contributed by atoms with Crippen LogP contribution in [0.4, 0.5) is 5.82 Å². The molecular weight excluding hydrogens is 340 g/mol. The summed E-state index contributed by atoms with van der Waals surface area (Å²) in [6, 6.07) is 11.6. The van der Waals surface area contributed by atoms with E-state index in [0.717, 1.165) is 10.9 Å². The summed E-state index contributed by atoms with van der Waals surface area (Å²) in [4.78, 5) is 1.28. The highest BCUT2D eigenvalue weighted by Gasteiger charge is 2.15. The van der Waals surface area contributed by atoms with E-state index in [9.17, 15) is 0 Å². The third-order valence-corrected chi connectivity index (χ3v) is 6.40. The van der Waals surface area contributed by atoms with E-state index in [-0.39, 0.29) is 0 Å². The molecule has 26 heavy (non-hydrogen) atoms. The van der Waals surface area contributed by atoms with Crippen molar-refractivity contribution in [2.45, 2.75) is 56.9 Å². The summed E-state index contributed by atoms with van der Waals surface area (Å²) < 4.78 is 3.65. The Morgan fingerprint density at radius 3 is 2.62 bits per heavy atom. The summed E-state index contributed by atoms with van der Waals surface area (Å²) in [6.45, 7) is 4.30. The summed E-state index contributed by atoms with van der Waals surface area (Å²) in [6.07, 6.45) is 6.70. The van der Waals surface area contributed by atoms with Crippen molar-refractivity contribution in [3.63, 3.8) is 0 Å². The fourth-order valence-corrected chi connectivity index (χ4v) is 4.89. The van der Waals surface area contributed by atoms with Crippen LogP contribution in [-0.2, 0) is 0 Å². The molecule has 1 aliphatic rings. The maximum absolute atomic E-state index is 6.04. The Morgan fingerprint density at radius 1 is 1.08 bits per heavy atom. The van der Waals surface area contributed by atoms with Crippen molar-refractivity contribution in [3.05, 3.63) is 41.5 Å². The monoisotopic (exact) mass is 366 g/mol. The van der Waals surface area contributed by atoms with Gasteiger partial charge in [-0.2, -0.15) is 5.10 Å². The van der Waals surface area contributed by atoms with Gasteiger partial charge < -0.3 is 5.73 Å². The lowest BCUT2D eigenvalue weighted by Gasteiger charge is -2.22. The molecule has 4 nitrogen and oxygen atoms in total. The van der Waals surface area contributed by atoms with Gasteiger partial charge in [0.15, 0.2) is 5.82 Å². The average Bonchev–Trinajstić information content (AvgIpc) is 3.04. The van der Waals surface area contributed by atoms with Crippen LogP contribution >= 0.6 is 11.9 Å². The molecule has 5 heteroatoms. The van der Waals surface area contributed by atoms with Gasteiger partial charge in [-0.3, -0.25) is 9.82 Å². The number of nitrogen functional groups attached to an aromatic ring is 1. The largest absolute Gasteiger partial charge is 0.382 e. The molecule has 0 radical (unpaired) electrons. The first-order valence-corrected chi connectivity index (χ1v) is 10.2. The first-order chi connectivity index (χ1) is 12.6. The van der Waals surface area contributed by atoms with E-state index in [0.29, 0.717) is 11.9 Å². The van der Waals surface area contributed by atoms with Gasteiger partial charge in [0.25, 0.3) is 0 Å². The van der Waals surface area contributed by atoms with Crippen LogP contribution in [0.25, 0.3) is 22.0 Å². The minimum atomic E-state index is 0.570. The van der Waals surface area contributed by atoms with E-state index < -0.39 is 0 Å². The number of fused-ring (bicyclic) bond motifs is 1. The van der Waals surface area contributed by atoms with Gasteiger partial charge in [0.05, 0.1) is 5.52 Å². The topological polar surface area (TPSA) is 66.7 Å². The molecule has 0 bridgehead atoms. The van der Waals surface area contributed by atoms with Crippen LogP contribution in [0.5, 0.6) is 0 Å². The minimum Gasteiger partial charge on any atom is -0.382 e. The van der Waals surface area contributed by atoms with Crippen LogP contribution in [0.1, 0.15) is 43.2 Å². The maximum atomic E-state index is 6.04. The summed E-state index contributed by atoms with van der Waals surface area (Å²) in [5.41, 5.74) is 12.0. The van der Waals surface area contributed by atoms with E-state index >= 15 is 0 Å². The number of aryl methyl sites for hydroxylation is 2. The zero-order chi connectivity index (χ0) is 18.1. The van der Waals surface area contributed by atoms with Gasteiger partial charge in [0, 0.05) is 16.3 Å². The fraction of sp³-hybridized carbons (Fsp3) is 0.381. The highest BCUT2D eigenvalue weighted by molar-refractivity contribution is 7.97. The van der Waals surface area contributed by atoms with Crippen molar-refractivity contribution in [2.75, 3.05) is 5.73 Å². The molecule has 0 unspecified atom stereocenters. The normalized spacial score (nSPS) is 15.6. The molecule has 4 rings (SSSR count). The van der Waals surface area contributed by atoms with Gasteiger partial charge in [-0.25, -0.2) is 0 Å². The molecule has 1 fully saturated rings. The molecule has 2 aromatic carbocycles. The fourth-order valence-electron chi connectivity index (χ4n) is 3.98. The van der Waals surface area contributed by atoms with Crippen LogP contribution in [0, 0.1) is 13.8 Å². The Kier molecular flexibility index (Phi) is 4.92. The van der Waals surface area contributed by atoms with Gasteiger partial charge in [-0.1, -0.05) is 31.4 Å². The van der Waals surface area contributed by atoms with Gasteiger partial charge in [0.1, 0.15) is 0 Å². The van der Waals surface area contributed by atoms with Gasteiger partial charge >= 0.3 is 0 Å². The lowest BCUT2D eigenvalue weighted by atomic mass is 9.94. The molecule has 136 valence electrons. The second-order valence-electron chi connectivity index (χ2n) is 7.30. The van der Waals surface area contributed by atoms with Crippen LogP contribution in [0.3, 0.4) is 0 Å². The van der Waals surface area contributed by atoms with E-state index in [1.165, 1.54) is 59.3 Å². The van der Waals surface area contributed by atoms with Crippen LogP contribution in [0.2, 0.25) is 0 Å². The van der Waals surface area contributed by atoms with E-state index in [4.69, 9.17) is 5.73 Å². The number of nitrogens with zero attached hydrogens (tertiary/aromatic N) is 1. The predicted octanol–water partition coefficient (Wildman–Crippen LogP) is 5.36. The molecule has 0 amide bonds. The van der Waals surface area contributed by atoms with Crippen molar-refractivity contribution in [1.82, 2.24) is 14.9 Å². The number of benzene rings is 2. The molecule has 1 heterocycles. The maximum Gasteiger partial charge on any atom is 0.153 e. The molecule has 3 aromatic rings. The Labute approximate surface area is 159 Å². The number of aromatic nitrogens is 2. The molecular formula is C21H26N4S. The Balaban J connectivity index is 1.58. The molecule has 1 saturated carbocycles. The van der Waals surface area contributed by atoms with Crippen molar-refractivity contribution in [2.24, 2.45) is 0 Å². The number of rotatable bonds is 4. The van der Waals surface area contributed by atoms with E-state index in [2.05, 4.69) is 59.1 Å². The number of H-pyrrole nitrogens is 1. The van der Waals surface area contributed by atoms with E-state index in [1.54, 1.807) is 11.9 Å². The molecule has 0 spiro atoms. The van der Waals surface area contributed by atoms with E-state index in [1.807, 2.05) is 0 Å². The first-order valence-electron chi connectivity index (χ1n) is 9.40. The van der Waals surface area contributed by atoms with Crippen LogP contribution in [-0.4, -0.2) is 16.2 Å². The zero-order valence-corrected chi connectivity index (χ0v) is 16.2. The van der Waals surface area contributed by atoms with Crippen molar-refractivity contribution >= 4 is 28.7 Å². The molecule has 0 aliphatic heterocycles.